The van der Waals surface area contributed by atoms with Gasteiger partial charge in [-0.05, 0) is 17.9 Å². The van der Waals surface area contributed by atoms with Gasteiger partial charge in [-0.1, -0.05) is 6.07 Å². The van der Waals surface area contributed by atoms with Gasteiger partial charge < -0.3 is 16.5 Å². The van der Waals surface area contributed by atoms with Crippen LogP contribution in [0, 0.1) is 0 Å². The first-order chi connectivity index (χ1) is 6.24. The molecule has 0 aliphatic heterocycles. The van der Waals surface area contributed by atoms with E-state index in [0.29, 0.717) is 5.96 Å². The van der Waals surface area contributed by atoms with Crippen molar-refractivity contribution in [3.05, 3.63) is 22.4 Å². The molecule has 1 aromatic rings. The Kier molecular flexibility index (Phi) is 3.57. The van der Waals surface area contributed by atoms with Gasteiger partial charge in [-0.3, -0.25) is 0 Å². The van der Waals surface area contributed by atoms with Crippen molar-refractivity contribution in [1.29, 1.82) is 0 Å². The third-order valence-corrected chi connectivity index (χ3v) is 2.73. The van der Waals surface area contributed by atoms with Crippen molar-refractivity contribution >= 4 is 17.3 Å². The standard InChI is InChI=1S/C8H14N4S/c1-12(8(9)11-10)5-4-7-3-2-6-13-7/h2-3,6H,4-5,10H2,1H3,(H2,9,11). The molecular weight excluding hydrogens is 184 g/mol. The lowest BCUT2D eigenvalue weighted by Crippen LogP contribution is -2.36. The molecule has 4 N–H and O–H groups in total. The first kappa shape index (κ1) is 9.85. The van der Waals surface area contributed by atoms with Crippen molar-refractivity contribution in [2.45, 2.75) is 6.42 Å². The van der Waals surface area contributed by atoms with Crippen LogP contribution in [-0.2, 0) is 6.42 Å². The van der Waals surface area contributed by atoms with Crippen LogP contribution < -0.4 is 11.6 Å². The zero-order valence-electron chi connectivity index (χ0n) is 7.60. The molecule has 0 aliphatic carbocycles. The fraction of sp³-hybridized carbons (Fsp3) is 0.375. The third-order valence-electron chi connectivity index (χ3n) is 1.80. The SMILES string of the molecule is CN(CCc1cccs1)C(N)=NN. The predicted molar refractivity (Wildman–Crippen MR) is 56.5 cm³/mol. The molecule has 5 heteroatoms. The van der Waals surface area contributed by atoms with E-state index >= 15 is 0 Å². The number of likely N-dealkylation sites (N-methyl/N-ethyl adjacent to an activating group) is 1. The lowest BCUT2D eigenvalue weighted by atomic mass is 10.3. The largest absolute Gasteiger partial charge is 0.368 e. The Morgan fingerprint density at radius 3 is 3.00 bits per heavy atom. The molecule has 0 aliphatic rings. The van der Waals surface area contributed by atoms with E-state index in [0.717, 1.165) is 13.0 Å². The highest BCUT2D eigenvalue weighted by Gasteiger charge is 2.01. The van der Waals surface area contributed by atoms with Crippen LogP contribution in [0.25, 0.3) is 0 Å². The molecule has 0 radical (unpaired) electrons. The summed E-state index contributed by atoms with van der Waals surface area (Å²) >= 11 is 1.75. The highest BCUT2D eigenvalue weighted by molar-refractivity contribution is 7.09. The molecule has 13 heavy (non-hydrogen) atoms. The summed E-state index contributed by atoms with van der Waals surface area (Å²) in [6, 6.07) is 4.15. The van der Waals surface area contributed by atoms with E-state index in [2.05, 4.69) is 16.5 Å². The number of hydrogen-bond donors (Lipinski definition) is 2. The molecule has 1 heterocycles. The maximum absolute atomic E-state index is 5.51. The fourth-order valence-electron chi connectivity index (χ4n) is 0.946. The van der Waals surface area contributed by atoms with Crippen LogP contribution in [0.2, 0.25) is 0 Å². The molecule has 0 fully saturated rings. The van der Waals surface area contributed by atoms with E-state index in [1.807, 2.05) is 18.0 Å². The van der Waals surface area contributed by atoms with Crippen LogP contribution in [0.3, 0.4) is 0 Å². The predicted octanol–water partition coefficient (Wildman–Crippen LogP) is 0.411. The topological polar surface area (TPSA) is 67.6 Å². The van der Waals surface area contributed by atoms with Crippen LogP contribution in [0.15, 0.2) is 22.6 Å². The second-order valence-electron chi connectivity index (χ2n) is 2.74. The summed E-state index contributed by atoms with van der Waals surface area (Å²) in [5.74, 6) is 5.42. The Morgan fingerprint density at radius 1 is 1.69 bits per heavy atom. The van der Waals surface area contributed by atoms with Gasteiger partial charge in [0.1, 0.15) is 0 Å². The van der Waals surface area contributed by atoms with Crippen molar-refractivity contribution in [3.63, 3.8) is 0 Å². The van der Waals surface area contributed by atoms with Crippen LogP contribution in [0.1, 0.15) is 4.88 Å². The van der Waals surface area contributed by atoms with E-state index in [-0.39, 0.29) is 0 Å². The summed E-state index contributed by atoms with van der Waals surface area (Å²) in [6.07, 6.45) is 0.977. The molecule has 72 valence electrons. The first-order valence-corrected chi connectivity index (χ1v) is 4.89. The highest BCUT2D eigenvalue weighted by atomic mass is 32.1. The number of thiophene rings is 1. The summed E-state index contributed by atoms with van der Waals surface area (Å²) in [7, 11) is 1.87. The van der Waals surface area contributed by atoms with Gasteiger partial charge in [-0.15, -0.1) is 16.4 Å². The monoisotopic (exact) mass is 198 g/mol. The number of hydrazone groups is 1. The molecule has 0 atom stereocenters. The maximum atomic E-state index is 5.51. The highest BCUT2D eigenvalue weighted by Crippen LogP contribution is 2.09. The number of nitrogens with zero attached hydrogens (tertiary/aromatic N) is 2. The van der Waals surface area contributed by atoms with Crippen LogP contribution in [0.5, 0.6) is 0 Å². The normalized spacial score (nSPS) is 11.6. The third kappa shape index (κ3) is 2.95. The Labute approximate surface area is 81.8 Å². The number of nitrogens with two attached hydrogens (primary N) is 2. The summed E-state index contributed by atoms with van der Waals surface area (Å²) in [5, 5.41) is 5.48. The molecule has 0 saturated carbocycles. The summed E-state index contributed by atoms with van der Waals surface area (Å²) in [6.45, 7) is 0.840. The van der Waals surface area contributed by atoms with Gasteiger partial charge in [0.05, 0.1) is 0 Å². The Morgan fingerprint density at radius 2 is 2.46 bits per heavy atom. The summed E-state index contributed by atoms with van der Waals surface area (Å²) in [4.78, 5) is 3.18. The van der Waals surface area contributed by atoms with Crippen molar-refractivity contribution < 1.29 is 0 Å². The minimum atomic E-state index is 0.372. The van der Waals surface area contributed by atoms with Crippen molar-refractivity contribution in [3.8, 4) is 0 Å². The average Bonchev–Trinajstić information content (AvgIpc) is 2.65. The molecule has 1 rings (SSSR count). The van der Waals surface area contributed by atoms with Gasteiger partial charge in [0, 0.05) is 18.5 Å². The van der Waals surface area contributed by atoms with E-state index in [1.165, 1.54) is 4.88 Å². The van der Waals surface area contributed by atoms with Crippen molar-refractivity contribution in [2.75, 3.05) is 13.6 Å². The average molecular weight is 198 g/mol. The molecule has 1 aromatic heterocycles. The Balaban J connectivity index is 2.35. The zero-order valence-corrected chi connectivity index (χ0v) is 8.42. The van der Waals surface area contributed by atoms with E-state index in [9.17, 15) is 0 Å². The van der Waals surface area contributed by atoms with E-state index < -0.39 is 0 Å². The molecule has 0 aromatic carbocycles. The lowest BCUT2D eigenvalue weighted by Gasteiger charge is -2.15. The van der Waals surface area contributed by atoms with Gasteiger partial charge in [0.2, 0.25) is 5.96 Å². The minimum Gasteiger partial charge on any atom is -0.368 e. The van der Waals surface area contributed by atoms with Crippen LogP contribution in [0.4, 0.5) is 0 Å². The van der Waals surface area contributed by atoms with Gasteiger partial charge in [0.15, 0.2) is 0 Å². The molecule has 4 nitrogen and oxygen atoms in total. The molecule has 0 bridgehead atoms. The van der Waals surface area contributed by atoms with Crippen molar-refractivity contribution in [1.82, 2.24) is 4.90 Å². The molecular formula is C8H14N4S. The summed E-state index contributed by atoms with van der Waals surface area (Å²) in [5.41, 5.74) is 5.51. The molecule has 0 spiro atoms. The Hall–Kier alpha value is -1.23. The quantitative estimate of drug-likeness (QED) is 0.320. The van der Waals surface area contributed by atoms with Crippen LogP contribution >= 0.6 is 11.3 Å². The first-order valence-electron chi connectivity index (χ1n) is 4.01. The van der Waals surface area contributed by atoms with Gasteiger partial charge >= 0.3 is 0 Å². The Bertz CT molecular complexity index is 268. The molecule has 0 saturated heterocycles. The number of guanidine groups is 1. The van der Waals surface area contributed by atoms with Crippen molar-refractivity contribution in [2.24, 2.45) is 16.7 Å². The second-order valence-corrected chi connectivity index (χ2v) is 3.77. The molecule has 0 amide bonds. The van der Waals surface area contributed by atoms with Crippen LogP contribution in [-0.4, -0.2) is 24.5 Å². The zero-order chi connectivity index (χ0) is 9.68. The smallest absolute Gasteiger partial charge is 0.213 e. The second kappa shape index (κ2) is 4.71. The van der Waals surface area contributed by atoms with Gasteiger partial charge in [-0.25, -0.2) is 0 Å². The summed E-state index contributed by atoms with van der Waals surface area (Å²) < 4.78 is 0. The molecule has 0 unspecified atom stereocenters. The van der Waals surface area contributed by atoms with Gasteiger partial charge in [0.25, 0.3) is 0 Å². The fourth-order valence-corrected chi connectivity index (χ4v) is 1.64. The number of rotatable bonds is 3. The van der Waals surface area contributed by atoms with E-state index in [4.69, 9.17) is 11.6 Å². The maximum Gasteiger partial charge on any atom is 0.213 e. The number of hydrogen-bond acceptors (Lipinski definition) is 3. The van der Waals surface area contributed by atoms with Gasteiger partial charge in [-0.2, -0.15) is 0 Å². The minimum absolute atomic E-state index is 0.372. The van der Waals surface area contributed by atoms with E-state index in [1.54, 1.807) is 11.3 Å². The lowest BCUT2D eigenvalue weighted by molar-refractivity contribution is 0.502.